The van der Waals surface area contributed by atoms with Crippen LogP contribution >= 0.6 is 35.6 Å². The number of halogens is 1. The Morgan fingerprint density at radius 2 is 1.49 bits per heavy atom. The van der Waals surface area contributed by atoms with Gasteiger partial charge < -0.3 is 19.2 Å². The van der Waals surface area contributed by atoms with Crippen LogP contribution in [0.4, 0.5) is 5.69 Å². The van der Waals surface area contributed by atoms with Crippen molar-refractivity contribution in [2.24, 2.45) is 0 Å². The second-order valence-corrected chi connectivity index (χ2v) is 18.1. The largest absolute Gasteiger partial charge is 0.493 e. The van der Waals surface area contributed by atoms with E-state index in [0.717, 1.165) is 28.2 Å². The maximum absolute atomic E-state index is 7.25. The highest BCUT2D eigenvalue weighted by Gasteiger charge is 2.50. The van der Waals surface area contributed by atoms with Crippen molar-refractivity contribution in [1.29, 1.82) is 0 Å². The van der Waals surface area contributed by atoms with Crippen LogP contribution in [0.1, 0.15) is 43.6 Å². The molecule has 1 aliphatic heterocycles. The van der Waals surface area contributed by atoms with E-state index in [0.29, 0.717) is 23.1 Å². The third-order valence-electron chi connectivity index (χ3n) is 7.98. The van der Waals surface area contributed by atoms with E-state index in [9.17, 15) is 0 Å². The summed E-state index contributed by atoms with van der Waals surface area (Å²) < 4.78 is 18.8. The molecule has 8 heteroatoms. The minimum absolute atomic E-state index is 0.0136. The Hall–Kier alpha value is -2.81. The highest BCUT2D eigenvalue weighted by Crippen LogP contribution is 2.50. The number of methoxy groups -OCH3 is 2. The van der Waals surface area contributed by atoms with Gasteiger partial charge in [0.25, 0.3) is 8.32 Å². The number of para-hydroxylation sites is 1. The van der Waals surface area contributed by atoms with Crippen LogP contribution in [-0.4, -0.2) is 39.4 Å². The fourth-order valence-corrected chi connectivity index (χ4v) is 12.6. The zero-order valence-electron chi connectivity index (χ0n) is 25.2. The summed E-state index contributed by atoms with van der Waals surface area (Å²) in [5, 5.41) is 6.54. The molecule has 43 heavy (non-hydrogen) atoms. The molecule has 0 saturated heterocycles. The number of nitrogens with one attached hydrogen (secondary N) is 1. The first kappa shape index (κ1) is 31.6. The van der Waals surface area contributed by atoms with Crippen molar-refractivity contribution in [1.82, 2.24) is 0 Å². The molecule has 1 N–H and O–H groups in total. The summed E-state index contributed by atoms with van der Waals surface area (Å²) in [6.45, 7) is 7.47. The van der Waals surface area contributed by atoms with Crippen molar-refractivity contribution in [2.75, 3.05) is 26.1 Å². The third kappa shape index (κ3) is 6.38. The maximum Gasteiger partial charge on any atom is 0.261 e. The SMILES string of the molecule is COc1cccc([C@H]2S[C@H](CCO[Si](c3ccccc3)(c3ccccc3)C(C)(C)C)C(=S)Nc3ccc(Cl)cc32)c1OC. The van der Waals surface area contributed by atoms with Crippen molar-refractivity contribution in [2.45, 2.75) is 42.7 Å². The van der Waals surface area contributed by atoms with Crippen LogP contribution in [0.15, 0.2) is 97.1 Å². The number of rotatable bonds is 9. The molecule has 4 aromatic rings. The molecule has 0 fully saturated rings. The number of thioether (sulfide) groups is 1. The first-order valence-corrected chi connectivity index (χ1v) is 18.0. The van der Waals surface area contributed by atoms with Crippen molar-refractivity contribution in [3.05, 3.63) is 113 Å². The van der Waals surface area contributed by atoms with Gasteiger partial charge in [-0.2, -0.15) is 0 Å². The van der Waals surface area contributed by atoms with Crippen LogP contribution in [0.3, 0.4) is 0 Å². The lowest BCUT2D eigenvalue weighted by atomic mass is 10.0. The third-order valence-corrected chi connectivity index (χ3v) is 15.4. The molecular formula is C35H38ClNO3S2Si. The van der Waals surface area contributed by atoms with Gasteiger partial charge in [0.05, 0.1) is 29.7 Å². The maximum atomic E-state index is 7.25. The lowest BCUT2D eigenvalue weighted by molar-refractivity contribution is 0.295. The minimum atomic E-state index is -2.67. The molecule has 5 rings (SSSR count). The predicted molar refractivity (Wildman–Crippen MR) is 189 cm³/mol. The van der Waals surface area contributed by atoms with Crippen LogP contribution in [0.25, 0.3) is 0 Å². The van der Waals surface area contributed by atoms with Gasteiger partial charge >= 0.3 is 0 Å². The summed E-state index contributed by atoms with van der Waals surface area (Å²) in [7, 11) is 0.667. The molecule has 1 heterocycles. The molecule has 0 bridgehead atoms. The quantitative estimate of drug-likeness (QED) is 0.146. The van der Waals surface area contributed by atoms with Gasteiger partial charge in [-0.05, 0) is 51.7 Å². The fraction of sp³-hybridized carbons (Fsp3) is 0.286. The van der Waals surface area contributed by atoms with Crippen LogP contribution in [0.2, 0.25) is 10.1 Å². The number of fused-ring (bicyclic) bond motifs is 1. The first-order valence-electron chi connectivity index (χ1n) is 14.4. The average molecular weight is 648 g/mol. The Labute approximate surface area is 271 Å². The normalized spacial score (nSPS) is 17.0. The Balaban J connectivity index is 1.51. The zero-order valence-corrected chi connectivity index (χ0v) is 28.6. The Morgan fingerprint density at radius 3 is 2.07 bits per heavy atom. The van der Waals surface area contributed by atoms with Gasteiger partial charge in [0.1, 0.15) is 0 Å². The summed E-state index contributed by atoms with van der Waals surface area (Å²) in [6, 6.07) is 33.4. The number of thiocarbonyl (C=S) groups is 1. The van der Waals surface area contributed by atoms with E-state index in [1.807, 2.05) is 30.3 Å². The molecule has 2 atom stereocenters. The lowest BCUT2D eigenvalue weighted by Crippen LogP contribution is -2.66. The molecule has 0 saturated carbocycles. The molecular weight excluding hydrogens is 610 g/mol. The van der Waals surface area contributed by atoms with Crippen molar-refractivity contribution in [3.8, 4) is 11.5 Å². The number of anilines is 1. The molecule has 0 aliphatic carbocycles. The van der Waals surface area contributed by atoms with Crippen LogP contribution in [-0.2, 0) is 4.43 Å². The Morgan fingerprint density at radius 1 is 0.837 bits per heavy atom. The van der Waals surface area contributed by atoms with Crippen molar-refractivity contribution < 1.29 is 13.9 Å². The summed E-state index contributed by atoms with van der Waals surface area (Å²) >= 11 is 14.4. The van der Waals surface area contributed by atoms with Gasteiger partial charge in [-0.25, -0.2) is 0 Å². The number of ether oxygens (including phenoxy) is 2. The number of hydrogen-bond donors (Lipinski definition) is 1. The highest BCUT2D eigenvalue weighted by molar-refractivity contribution is 8.02. The second-order valence-electron chi connectivity index (χ2n) is 11.6. The molecule has 4 nitrogen and oxygen atoms in total. The summed E-state index contributed by atoms with van der Waals surface area (Å²) in [4.78, 5) is 0.781. The van der Waals surface area contributed by atoms with Gasteiger partial charge in [-0.1, -0.05) is 117 Å². The molecule has 0 amide bonds. The van der Waals surface area contributed by atoms with Crippen LogP contribution in [0.5, 0.6) is 11.5 Å². The number of hydrogen-bond acceptors (Lipinski definition) is 5. The van der Waals surface area contributed by atoms with E-state index in [4.69, 9.17) is 37.7 Å². The van der Waals surface area contributed by atoms with Gasteiger partial charge in [-0.3, -0.25) is 0 Å². The average Bonchev–Trinajstić information content (AvgIpc) is 3.14. The van der Waals surface area contributed by atoms with Gasteiger partial charge in [-0.15, -0.1) is 11.8 Å². The molecule has 0 spiro atoms. The molecule has 4 aromatic carbocycles. The van der Waals surface area contributed by atoms with Gasteiger partial charge in [0, 0.05) is 22.9 Å². The molecule has 224 valence electrons. The molecule has 0 unspecified atom stereocenters. The lowest BCUT2D eigenvalue weighted by Gasteiger charge is -2.43. The van der Waals surface area contributed by atoms with Crippen LogP contribution < -0.4 is 25.2 Å². The van der Waals surface area contributed by atoms with Gasteiger partial charge in [0.15, 0.2) is 11.5 Å². The topological polar surface area (TPSA) is 39.7 Å². The Bertz CT molecular complexity index is 1520. The summed E-state index contributed by atoms with van der Waals surface area (Å²) in [5.74, 6) is 1.40. The first-order chi connectivity index (χ1) is 20.7. The minimum Gasteiger partial charge on any atom is -0.493 e. The molecule has 1 aliphatic rings. The monoisotopic (exact) mass is 647 g/mol. The molecule has 0 radical (unpaired) electrons. The van der Waals surface area contributed by atoms with Crippen molar-refractivity contribution >= 4 is 64.9 Å². The van der Waals surface area contributed by atoms with Gasteiger partial charge in [0.2, 0.25) is 0 Å². The summed E-state index contributed by atoms with van der Waals surface area (Å²) in [5.41, 5.74) is 3.02. The Kier molecular flexibility index (Phi) is 9.88. The van der Waals surface area contributed by atoms with E-state index < -0.39 is 8.32 Å². The standard InChI is InChI=1S/C35H38ClNO3S2Si/c1-35(2,3)43(25-13-8-6-9-14-25,26-15-10-7-11-16-26)40-22-21-31-34(41)37-29-20-19-24(36)23-28(29)33(42-31)27-17-12-18-30(38-4)32(27)39-5/h6-20,23,31,33H,21-22H2,1-5H3,(H,37,41)/t31-,33-/m1/s1. The van der Waals surface area contributed by atoms with Crippen LogP contribution in [0, 0.1) is 0 Å². The van der Waals surface area contributed by atoms with E-state index >= 15 is 0 Å². The number of benzene rings is 4. The second kappa shape index (κ2) is 13.4. The zero-order chi connectivity index (χ0) is 30.6. The highest BCUT2D eigenvalue weighted by atomic mass is 35.5. The van der Waals surface area contributed by atoms with E-state index in [2.05, 4.69) is 92.8 Å². The summed E-state index contributed by atoms with van der Waals surface area (Å²) in [6.07, 6.45) is 0.742. The van der Waals surface area contributed by atoms with Crippen molar-refractivity contribution in [3.63, 3.8) is 0 Å². The fourth-order valence-electron chi connectivity index (χ4n) is 6.02. The van der Waals surface area contributed by atoms with E-state index in [1.165, 1.54) is 10.4 Å². The predicted octanol–water partition coefficient (Wildman–Crippen LogP) is 8.27. The van der Waals surface area contributed by atoms with E-state index in [-0.39, 0.29) is 15.5 Å². The van der Waals surface area contributed by atoms with E-state index in [1.54, 1.807) is 26.0 Å². The smallest absolute Gasteiger partial charge is 0.261 e. The molecule has 0 aromatic heterocycles.